The zero-order valence-corrected chi connectivity index (χ0v) is 14.4. The fraction of sp³-hybridized carbons (Fsp3) is 0.143. The summed E-state index contributed by atoms with van der Waals surface area (Å²) in [5.74, 6) is 0.822. The highest BCUT2D eigenvalue weighted by atomic mass is 16.5. The van der Waals surface area contributed by atoms with E-state index in [1.54, 1.807) is 25.7 Å². The second-order valence-electron chi connectivity index (χ2n) is 6.02. The van der Waals surface area contributed by atoms with Crippen LogP contribution in [0.4, 0.5) is 0 Å². The fourth-order valence-electron chi connectivity index (χ4n) is 3.07. The van der Waals surface area contributed by atoms with Crippen molar-refractivity contribution in [1.29, 1.82) is 0 Å². The maximum atomic E-state index is 12.0. The first-order valence-electron chi connectivity index (χ1n) is 8.37. The molecular formula is C21H18N2O3. The summed E-state index contributed by atoms with van der Waals surface area (Å²) in [6.45, 7) is 1.09. The van der Waals surface area contributed by atoms with E-state index in [-0.39, 0.29) is 5.56 Å². The molecule has 2 aromatic carbocycles. The fourth-order valence-corrected chi connectivity index (χ4v) is 3.07. The average molecular weight is 346 g/mol. The van der Waals surface area contributed by atoms with Crippen LogP contribution in [0, 0.1) is 0 Å². The first kappa shape index (κ1) is 16.3. The van der Waals surface area contributed by atoms with Crippen molar-refractivity contribution in [2.75, 3.05) is 20.3 Å². The Kier molecular flexibility index (Phi) is 4.37. The number of nitrogens with zero attached hydrogens (tertiary/aromatic N) is 1. The average Bonchev–Trinajstić information content (AvgIpc) is 2.68. The standard InChI is InChI=1S/C21H18N2O3/c1-25-8-9-26-17-5-4-14-10-16(3-2-15(14)11-17)19-13-23-21(24)20-12-22-7-6-18(19)20/h2-7,10-13H,8-9H2,1H3,(H,23,24). The van der Waals surface area contributed by atoms with Crippen molar-refractivity contribution in [2.45, 2.75) is 0 Å². The topological polar surface area (TPSA) is 64.2 Å². The number of ether oxygens (including phenoxy) is 2. The van der Waals surface area contributed by atoms with Crippen LogP contribution in [0.15, 0.2) is 65.8 Å². The summed E-state index contributed by atoms with van der Waals surface area (Å²) < 4.78 is 10.7. The molecule has 0 saturated heterocycles. The molecule has 0 saturated carbocycles. The van der Waals surface area contributed by atoms with Gasteiger partial charge in [-0.25, -0.2) is 0 Å². The SMILES string of the molecule is COCCOc1ccc2cc(-c3c[nH]c(=O)c4cnccc34)ccc2c1. The van der Waals surface area contributed by atoms with Gasteiger partial charge in [0.15, 0.2) is 0 Å². The van der Waals surface area contributed by atoms with Crippen molar-refractivity contribution in [3.63, 3.8) is 0 Å². The first-order valence-corrected chi connectivity index (χ1v) is 8.37. The van der Waals surface area contributed by atoms with Gasteiger partial charge in [0.2, 0.25) is 0 Å². The number of nitrogens with one attached hydrogen (secondary N) is 1. The number of hydrogen-bond acceptors (Lipinski definition) is 4. The second kappa shape index (κ2) is 6.98. The van der Waals surface area contributed by atoms with Gasteiger partial charge in [-0.05, 0) is 46.0 Å². The third-order valence-electron chi connectivity index (χ3n) is 4.38. The molecule has 0 amide bonds. The van der Waals surface area contributed by atoms with Gasteiger partial charge >= 0.3 is 0 Å². The van der Waals surface area contributed by atoms with Crippen LogP contribution in [0.2, 0.25) is 0 Å². The number of hydrogen-bond donors (Lipinski definition) is 1. The van der Waals surface area contributed by atoms with Crippen LogP contribution in [-0.4, -0.2) is 30.3 Å². The Labute approximate surface area is 150 Å². The van der Waals surface area contributed by atoms with Gasteiger partial charge in [0.1, 0.15) is 12.4 Å². The molecule has 0 spiro atoms. The zero-order valence-electron chi connectivity index (χ0n) is 14.4. The summed E-state index contributed by atoms with van der Waals surface area (Å²) in [5.41, 5.74) is 1.89. The van der Waals surface area contributed by atoms with E-state index >= 15 is 0 Å². The Morgan fingerprint density at radius 1 is 1.00 bits per heavy atom. The lowest BCUT2D eigenvalue weighted by Gasteiger charge is -2.09. The van der Waals surface area contributed by atoms with Crippen molar-refractivity contribution in [2.24, 2.45) is 0 Å². The highest BCUT2D eigenvalue weighted by Gasteiger charge is 2.08. The van der Waals surface area contributed by atoms with Crippen molar-refractivity contribution in [3.05, 3.63) is 71.4 Å². The van der Waals surface area contributed by atoms with Crippen molar-refractivity contribution < 1.29 is 9.47 Å². The summed E-state index contributed by atoms with van der Waals surface area (Å²) in [5, 5.41) is 3.68. The minimum atomic E-state index is -0.129. The Hall–Kier alpha value is -3.18. The molecular weight excluding hydrogens is 328 g/mol. The number of fused-ring (bicyclic) bond motifs is 2. The molecule has 0 aliphatic heterocycles. The molecule has 0 fully saturated rings. The summed E-state index contributed by atoms with van der Waals surface area (Å²) in [7, 11) is 1.65. The van der Waals surface area contributed by atoms with E-state index in [1.807, 2.05) is 24.3 Å². The normalized spacial score (nSPS) is 11.1. The van der Waals surface area contributed by atoms with Gasteiger partial charge in [0, 0.05) is 31.3 Å². The Bertz CT molecular complexity index is 1130. The Morgan fingerprint density at radius 2 is 1.85 bits per heavy atom. The molecule has 0 bridgehead atoms. The van der Waals surface area contributed by atoms with Gasteiger partial charge in [0.25, 0.3) is 5.56 Å². The summed E-state index contributed by atoms with van der Waals surface area (Å²) in [4.78, 5) is 18.9. The van der Waals surface area contributed by atoms with E-state index in [9.17, 15) is 4.79 Å². The number of methoxy groups -OCH3 is 1. The van der Waals surface area contributed by atoms with Crippen molar-refractivity contribution in [1.82, 2.24) is 9.97 Å². The minimum absolute atomic E-state index is 0.129. The summed E-state index contributed by atoms with van der Waals surface area (Å²) in [6.07, 6.45) is 5.06. The molecule has 5 heteroatoms. The molecule has 2 heterocycles. The molecule has 0 aliphatic rings. The van der Waals surface area contributed by atoms with Gasteiger partial charge in [-0.3, -0.25) is 9.78 Å². The second-order valence-corrected chi connectivity index (χ2v) is 6.02. The summed E-state index contributed by atoms with van der Waals surface area (Å²) in [6, 6.07) is 14.1. The van der Waals surface area contributed by atoms with Crippen LogP contribution in [-0.2, 0) is 4.74 Å². The van der Waals surface area contributed by atoms with Gasteiger partial charge in [-0.15, -0.1) is 0 Å². The van der Waals surface area contributed by atoms with E-state index in [0.717, 1.165) is 33.0 Å². The molecule has 0 atom stereocenters. The predicted molar refractivity (Wildman–Crippen MR) is 103 cm³/mol. The van der Waals surface area contributed by atoms with E-state index < -0.39 is 0 Å². The number of H-pyrrole nitrogens is 1. The monoisotopic (exact) mass is 346 g/mol. The molecule has 5 nitrogen and oxygen atoms in total. The lowest BCUT2D eigenvalue weighted by atomic mass is 9.99. The molecule has 1 N–H and O–H groups in total. The number of aromatic nitrogens is 2. The Morgan fingerprint density at radius 3 is 2.73 bits per heavy atom. The van der Waals surface area contributed by atoms with Gasteiger partial charge in [-0.1, -0.05) is 18.2 Å². The maximum absolute atomic E-state index is 12.0. The molecule has 4 aromatic rings. The smallest absolute Gasteiger partial charge is 0.257 e. The van der Waals surface area contributed by atoms with Crippen LogP contribution < -0.4 is 10.3 Å². The lowest BCUT2D eigenvalue weighted by Crippen LogP contribution is -2.06. The number of pyridine rings is 2. The predicted octanol–water partition coefficient (Wildman–Crippen LogP) is 3.77. The molecule has 4 rings (SSSR count). The quantitative estimate of drug-likeness (QED) is 0.559. The van der Waals surface area contributed by atoms with Crippen LogP contribution in [0.5, 0.6) is 5.75 Å². The zero-order chi connectivity index (χ0) is 17.9. The number of rotatable bonds is 5. The molecule has 26 heavy (non-hydrogen) atoms. The van der Waals surface area contributed by atoms with Gasteiger partial charge in [0.05, 0.1) is 12.0 Å². The van der Waals surface area contributed by atoms with Crippen LogP contribution in [0.3, 0.4) is 0 Å². The first-order chi connectivity index (χ1) is 12.8. The maximum Gasteiger partial charge on any atom is 0.257 e. The molecule has 0 radical (unpaired) electrons. The van der Waals surface area contributed by atoms with Crippen LogP contribution in [0.25, 0.3) is 32.7 Å². The minimum Gasteiger partial charge on any atom is -0.491 e. The van der Waals surface area contributed by atoms with Gasteiger partial charge < -0.3 is 14.5 Å². The van der Waals surface area contributed by atoms with Crippen molar-refractivity contribution in [3.8, 4) is 16.9 Å². The Balaban J connectivity index is 1.75. The van der Waals surface area contributed by atoms with E-state index in [0.29, 0.717) is 18.6 Å². The molecule has 130 valence electrons. The molecule has 0 unspecified atom stereocenters. The lowest BCUT2D eigenvalue weighted by molar-refractivity contribution is 0.146. The third kappa shape index (κ3) is 3.05. The van der Waals surface area contributed by atoms with Gasteiger partial charge in [-0.2, -0.15) is 0 Å². The number of benzene rings is 2. The van der Waals surface area contributed by atoms with Crippen LogP contribution in [0.1, 0.15) is 0 Å². The molecule has 2 aromatic heterocycles. The number of aromatic amines is 1. The van der Waals surface area contributed by atoms with Crippen LogP contribution >= 0.6 is 0 Å². The third-order valence-corrected chi connectivity index (χ3v) is 4.38. The van der Waals surface area contributed by atoms with E-state index in [2.05, 4.69) is 28.2 Å². The molecule has 0 aliphatic carbocycles. The van der Waals surface area contributed by atoms with Crippen molar-refractivity contribution >= 4 is 21.5 Å². The summed E-state index contributed by atoms with van der Waals surface area (Å²) >= 11 is 0. The largest absolute Gasteiger partial charge is 0.491 e. The van der Waals surface area contributed by atoms with E-state index in [4.69, 9.17) is 9.47 Å². The van der Waals surface area contributed by atoms with E-state index in [1.165, 1.54) is 0 Å². The highest BCUT2D eigenvalue weighted by Crippen LogP contribution is 2.30. The highest BCUT2D eigenvalue weighted by molar-refractivity contribution is 5.98.